The van der Waals surface area contributed by atoms with Gasteiger partial charge in [-0.15, -0.1) is 0 Å². The van der Waals surface area contributed by atoms with Gasteiger partial charge in [-0.05, 0) is 25.6 Å². The van der Waals surface area contributed by atoms with Crippen molar-refractivity contribution in [3.05, 3.63) is 29.8 Å². The van der Waals surface area contributed by atoms with Crippen molar-refractivity contribution in [1.82, 2.24) is 5.32 Å². The summed E-state index contributed by atoms with van der Waals surface area (Å²) in [5, 5.41) is 2.84. The lowest BCUT2D eigenvalue weighted by molar-refractivity contribution is -0.118. The quantitative estimate of drug-likeness (QED) is 0.824. The number of amides is 1. The largest absolute Gasteiger partial charge is 0.309 e. The van der Waals surface area contributed by atoms with Crippen molar-refractivity contribution < 1.29 is 13.6 Å². The highest BCUT2D eigenvalue weighted by Gasteiger charge is 2.32. The molecule has 1 aliphatic heterocycles. The SMILES string of the molecule is CNC1CCN(c2cc(F)ccc2F)C1=O. The lowest BCUT2D eigenvalue weighted by Crippen LogP contribution is -2.36. The molecule has 0 aliphatic carbocycles. The van der Waals surface area contributed by atoms with Crippen LogP contribution in [0.1, 0.15) is 6.42 Å². The van der Waals surface area contributed by atoms with Crippen LogP contribution in [0.2, 0.25) is 0 Å². The maximum atomic E-state index is 13.4. The Balaban J connectivity index is 2.32. The third kappa shape index (κ3) is 1.78. The second kappa shape index (κ2) is 4.17. The Morgan fingerprint density at radius 2 is 2.19 bits per heavy atom. The van der Waals surface area contributed by atoms with Crippen molar-refractivity contribution in [2.75, 3.05) is 18.5 Å². The van der Waals surface area contributed by atoms with Crippen LogP contribution in [0.4, 0.5) is 14.5 Å². The summed E-state index contributed by atoms with van der Waals surface area (Å²) in [6.45, 7) is 0.407. The summed E-state index contributed by atoms with van der Waals surface area (Å²) >= 11 is 0. The van der Waals surface area contributed by atoms with E-state index in [4.69, 9.17) is 0 Å². The molecule has 1 heterocycles. The molecule has 1 aromatic rings. The van der Waals surface area contributed by atoms with E-state index in [2.05, 4.69) is 5.32 Å². The average Bonchev–Trinajstić information content (AvgIpc) is 2.63. The standard InChI is InChI=1S/C11H12F2N2O/c1-14-9-4-5-15(11(9)16)10-6-7(12)2-3-8(10)13/h2-3,6,9,14H,4-5H2,1H3. The van der Waals surface area contributed by atoms with E-state index >= 15 is 0 Å². The Labute approximate surface area is 92.1 Å². The summed E-state index contributed by atoms with van der Waals surface area (Å²) in [6.07, 6.45) is 0.602. The summed E-state index contributed by atoms with van der Waals surface area (Å²) in [4.78, 5) is 13.1. The van der Waals surface area contributed by atoms with E-state index in [0.29, 0.717) is 13.0 Å². The summed E-state index contributed by atoms with van der Waals surface area (Å²) in [5.41, 5.74) is 0.0164. The fraction of sp³-hybridized carbons (Fsp3) is 0.364. The van der Waals surface area contributed by atoms with E-state index in [9.17, 15) is 13.6 Å². The van der Waals surface area contributed by atoms with Crippen molar-refractivity contribution in [2.45, 2.75) is 12.5 Å². The first-order valence-corrected chi connectivity index (χ1v) is 5.07. The molecule has 0 aromatic heterocycles. The number of carbonyl (C=O) groups is 1. The van der Waals surface area contributed by atoms with E-state index < -0.39 is 11.6 Å². The van der Waals surface area contributed by atoms with Crippen molar-refractivity contribution in [3.8, 4) is 0 Å². The van der Waals surface area contributed by atoms with Crippen molar-refractivity contribution in [1.29, 1.82) is 0 Å². The van der Waals surface area contributed by atoms with Gasteiger partial charge >= 0.3 is 0 Å². The molecule has 5 heteroatoms. The van der Waals surface area contributed by atoms with Gasteiger partial charge in [0.15, 0.2) is 0 Å². The van der Waals surface area contributed by atoms with E-state index in [1.54, 1.807) is 7.05 Å². The average molecular weight is 226 g/mol. The monoisotopic (exact) mass is 226 g/mol. The Morgan fingerprint density at radius 3 is 2.81 bits per heavy atom. The van der Waals surface area contributed by atoms with E-state index in [1.807, 2.05) is 0 Å². The number of rotatable bonds is 2. The zero-order chi connectivity index (χ0) is 11.7. The van der Waals surface area contributed by atoms with Crippen LogP contribution in [0.25, 0.3) is 0 Å². The van der Waals surface area contributed by atoms with Gasteiger partial charge < -0.3 is 10.2 Å². The highest BCUT2D eigenvalue weighted by atomic mass is 19.1. The molecule has 1 saturated heterocycles. The van der Waals surface area contributed by atoms with Gasteiger partial charge in [-0.3, -0.25) is 4.79 Å². The number of likely N-dealkylation sites (N-methyl/N-ethyl adjacent to an activating group) is 1. The molecule has 1 aliphatic rings. The molecule has 1 fully saturated rings. The second-order valence-corrected chi connectivity index (χ2v) is 3.72. The zero-order valence-electron chi connectivity index (χ0n) is 8.84. The Hall–Kier alpha value is -1.49. The maximum absolute atomic E-state index is 13.4. The molecule has 2 rings (SSSR count). The van der Waals surface area contributed by atoms with Gasteiger partial charge in [-0.2, -0.15) is 0 Å². The van der Waals surface area contributed by atoms with E-state index in [0.717, 1.165) is 18.2 Å². The van der Waals surface area contributed by atoms with Gasteiger partial charge in [0, 0.05) is 12.6 Å². The minimum atomic E-state index is -0.577. The molecule has 1 amide bonds. The van der Waals surface area contributed by atoms with Gasteiger partial charge in [0.25, 0.3) is 0 Å². The van der Waals surface area contributed by atoms with Crippen LogP contribution in [-0.2, 0) is 4.79 Å². The van der Waals surface area contributed by atoms with E-state index in [-0.39, 0.29) is 17.6 Å². The normalized spacial score (nSPS) is 20.6. The number of hydrogen-bond acceptors (Lipinski definition) is 2. The van der Waals surface area contributed by atoms with Crippen molar-refractivity contribution >= 4 is 11.6 Å². The highest BCUT2D eigenvalue weighted by Crippen LogP contribution is 2.25. The predicted octanol–water partition coefficient (Wildman–Crippen LogP) is 1.29. The number of halogens is 2. The maximum Gasteiger partial charge on any atom is 0.244 e. The molecule has 0 radical (unpaired) electrons. The minimum Gasteiger partial charge on any atom is -0.309 e. The molecule has 0 bridgehead atoms. The van der Waals surface area contributed by atoms with Crippen LogP contribution in [-0.4, -0.2) is 25.5 Å². The summed E-state index contributed by atoms with van der Waals surface area (Å²) in [6, 6.07) is 2.81. The molecular formula is C11H12F2N2O. The lowest BCUT2D eigenvalue weighted by atomic mass is 10.2. The first-order valence-electron chi connectivity index (χ1n) is 5.07. The van der Waals surface area contributed by atoms with Crippen LogP contribution >= 0.6 is 0 Å². The molecule has 1 aromatic carbocycles. The highest BCUT2D eigenvalue weighted by molar-refractivity contribution is 5.99. The van der Waals surface area contributed by atoms with Crippen LogP contribution < -0.4 is 10.2 Å². The fourth-order valence-corrected chi connectivity index (χ4v) is 1.88. The van der Waals surface area contributed by atoms with Crippen LogP contribution in [0.15, 0.2) is 18.2 Å². The van der Waals surface area contributed by atoms with Gasteiger partial charge in [-0.1, -0.05) is 0 Å². The number of anilines is 1. The summed E-state index contributed by atoms with van der Waals surface area (Å²) < 4.78 is 26.4. The van der Waals surface area contributed by atoms with Crippen LogP contribution in [0.3, 0.4) is 0 Å². The van der Waals surface area contributed by atoms with Gasteiger partial charge in [0.1, 0.15) is 11.6 Å². The van der Waals surface area contributed by atoms with Gasteiger partial charge in [0.2, 0.25) is 5.91 Å². The number of hydrogen-bond donors (Lipinski definition) is 1. The Bertz CT molecular complexity index is 422. The number of benzene rings is 1. The minimum absolute atomic E-state index is 0.0164. The van der Waals surface area contributed by atoms with E-state index in [1.165, 1.54) is 4.90 Å². The fourth-order valence-electron chi connectivity index (χ4n) is 1.88. The molecular weight excluding hydrogens is 214 g/mol. The number of nitrogens with zero attached hydrogens (tertiary/aromatic N) is 1. The Morgan fingerprint density at radius 1 is 1.44 bits per heavy atom. The molecule has 1 N–H and O–H groups in total. The molecule has 3 nitrogen and oxygen atoms in total. The van der Waals surface area contributed by atoms with Crippen molar-refractivity contribution in [3.63, 3.8) is 0 Å². The summed E-state index contributed by atoms with van der Waals surface area (Å²) in [5.74, 6) is -1.34. The van der Waals surface area contributed by atoms with Gasteiger partial charge in [-0.25, -0.2) is 8.78 Å². The van der Waals surface area contributed by atoms with Crippen LogP contribution in [0.5, 0.6) is 0 Å². The molecule has 1 unspecified atom stereocenters. The van der Waals surface area contributed by atoms with Gasteiger partial charge in [0.05, 0.1) is 11.7 Å². The smallest absolute Gasteiger partial charge is 0.244 e. The predicted molar refractivity (Wildman–Crippen MR) is 56.2 cm³/mol. The first-order chi connectivity index (χ1) is 7.63. The molecule has 1 atom stereocenters. The summed E-state index contributed by atoms with van der Waals surface area (Å²) in [7, 11) is 1.67. The molecule has 0 spiro atoms. The third-order valence-corrected chi connectivity index (χ3v) is 2.75. The third-order valence-electron chi connectivity index (χ3n) is 2.75. The topological polar surface area (TPSA) is 32.3 Å². The second-order valence-electron chi connectivity index (χ2n) is 3.72. The van der Waals surface area contributed by atoms with Crippen LogP contribution in [0, 0.1) is 11.6 Å². The zero-order valence-corrected chi connectivity index (χ0v) is 8.84. The van der Waals surface area contributed by atoms with Crippen molar-refractivity contribution in [2.24, 2.45) is 0 Å². The lowest BCUT2D eigenvalue weighted by Gasteiger charge is -2.17. The molecule has 86 valence electrons. The number of carbonyl (C=O) groups excluding carboxylic acids is 1. The Kier molecular flexibility index (Phi) is 2.87. The first kappa shape index (κ1) is 11.0. The number of nitrogens with one attached hydrogen (secondary N) is 1. The molecule has 16 heavy (non-hydrogen) atoms. The molecule has 0 saturated carbocycles.